The average molecular weight is 476 g/mol. The van der Waals surface area contributed by atoms with E-state index < -0.39 is 9.84 Å². The van der Waals surface area contributed by atoms with E-state index in [9.17, 15) is 8.42 Å². The number of hydrogen-bond acceptors (Lipinski definition) is 6. The Bertz CT molecular complexity index is 1390. The van der Waals surface area contributed by atoms with Crippen LogP contribution < -0.4 is 4.90 Å². The Kier molecular flexibility index (Phi) is 6.10. The molecule has 1 fully saturated rings. The minimum Gasteiger partial charge on any atom is -0.369 e. The Morgan fingerprint density at radius 3 is 2.24 bits per heavy atom. The van der Waals surface area contributed by atoms with Gasteiger partial charge in [0.25, 0.3) is 0 Å². The van der Waals surface area contributed by atoms with Gasteiger partial charge in [0.1, 0.15) is 0 Å². The van der Waals surface area contributed by atoms with Crippen LogP contribution in [0.4, 0.5) is 5.69 Å². The third kappa shape index (κ3) is 5.13. The number of aromatic nitrogens is 3. The van der Waals surface area contributed by atoms with Gasteiger partial charge in [-0.15, -0.1) is 0 Å². The predicted octanol–water partition coefficient (Wildman–Crippen LogP) is 3.28. The Balaban J connectivity index is 1.34. The zero-order valence-electron chi connectivity index (χ0n) is 19.6. The van der Waals surface area contributed by atoms with Gasteiger partial charge in [0.05, 0.1) is 5.75 Å². The van der Waals surface area contributed by atoms with E-state index in [1.807, 2.05) is 47.1 Å². The van der Waals surface area contributed by atoms with Crippen molar-refractivity contribution in [2.24, 2.45) is 0 Å². The Morgan fingerprint density at radius 2 is 1.56 bits per heavy atom. The first kappa shape index (κ1) is 22.6. The normalized spacial score (nSPS) is 15.2. The lowest BCUT2D eigenvalue weighted by atomic mass is 10.1. The molecule has 4 aromatic rings. The first-order chi connectivity index (χ1) is 16.3. The number of rotatable bonds is 6. The molecule has 0 spiro atoms. The molecule has 5 rings (SSSR count). The lowest BCUT2D eigenvalue weighted by molar-refractivity contribution is 0.313. The number of likely N-dealkylation sites (N-methyl/N-ethyl adjacent to an activating group) is 1. The summed E-state index contributed by atoms with van der Waals surface area (Å²) in [5.74, 6) is 0.814. The van der Waals surface area contributed by atoms with E-state index in [0.29, 0.717) is 6.42 Å². The summed E-state index contributed by atoms with van der Waals surface area (Å²) in [5, 5.41) is 4.69. The van der Waals surface area contributed by atoms with Crippen LogP contribution in [-0.4, -0.2) is 67.4 Å². The van der Waals surface area contributed by atoms with Crippen LogP contribution in [0.15, 0.2) is 66.9 Å². The molecule has 1 aliphatic rings. The highest BCUT2D eigenvalue weighted by molar-refractivity contribution is 7.89. The molecule has 0 unspecified atom stereocenters. The second kappa shape index (κ2) is 9.19. The molecular weight excluding hydrogens is 446 g/mol. The van der Waals surface area contributed by atoms with E-state index in [1.54, 1.807) is 0 Å². The van der Waals surface area contributed by atoms with Crippen LogP contribution in [0.2, 0.25) is 0 Å². The van der Waals surface area contributed by atoms with Crippen LogP contribution in [0.5, 0.6) is 0 Å². The molecular formula is C26H29N5O2S. The van der Waals surface area contributed by atoms with Gasteiger partial charge in [0.15, 0.2) is 21.3 Å². The summed E-state index contributed by atoms with van der Waals surface area (Å²) in [4.78, 5) is 9.62. The minimum absolute atomic E-state index is 0.0418. The third-order valence-corrected chi connectivity index (χ3v) is 7.12. The number of pyridine rings is 1. The number of benzene rings is 2. The van der Waals surface area contributed by atoms with Gasteiger partial charge in [0, 0.05) is 56.3 Å². The van der Waals surface area contributed by atoms with Gasteiger partial charge in [-0.25, -0.2) is 17.9 Å². The van der Waals surface area contributed by atoms with Crippen molar-refractivity contribution < 1.29 is 8.42 Å². The molecule has 0 aliphatic carbocycles. The van der Waals surface area contributed by atoms with E-state index in [0.717, 1.165) is 54.3 Å². The van der Waals surface area contributed by atoms with Crippen molar-refractivity contribution in [3.05, 3.63) is 83.8 Å². The van der Waals surface area contributed by atoms with Gasteiger partial charge in [-0.2, -0.15) is 5.10 Å². The number of piperazine rings is 1. The van der Waals surface area contributed by atoms with Gasteiger partial charge >= 0.3 is 0 Å². The molecule has 1 saturated heterocycles. The van der Waals surface area contributed by atoms with Gasteiger partial charge in [-0.05, 0) is 48.0 Å². The summed E-state index contributed by atoms with van der Waals surface area (Å²) in [5.41, 5.74) is 5.97. The summed E-state index contributed by atoms with van der Waals surface area (Å²) in [6.45, 7) is 4.30. The van der Waals surface area contributed by atoms with Crippen molar-refractivity contribution in [3.63, 3.8) is 0 Å². The largest absolute Gasteiger partial charge is 0.369 e. The maximum absolute atomic E-state index is 11.6. The Hall–Kier alpha value is -3.23. The first-order valence-corrected chi connectivity index (χ1v) is 13.5. The summed E-state index contributed by atoms with van der Waals surface area (Å²) in [7, 11) is -0.890. The highest BCUT2D eigenvalue weighted by Crippen LogP contribution is 2.25. The number of hydrogen-bond donors (Lipinski definition) is 0. The Labute approximate surface area is 200 Å². The zero-order chi connectivity index (χ0) is 23.7. The smallest absolute Gasteiger partial charge is 0.163 e. The highest BCUT2D eigenvalue weighted by atomic mass is 32.2. The van der Waals surface area contributed by atoms with Gasteiger partial charge in [-0.1, -0.05) is 36.4 Å². The van der Waals surface area contributed by atoms with E-state index in [1.165, 1.54) is 17.5 Å². The molecule has 7 nitrogen and oxygen atoms in total. The summed E-state index contributed by atoms with van der Waals surface area (Å²) in [6, 6.07) is 20.3. The van der Waals surface area contributed by atoms with Crippen LogP contribution >= 0.6 is 0 Å². The second-order valence-corrected chi connectivity index (χ2v) is 11.3. The highest BCUT2D eigenvalue weighted by Gasteiger charge is 2.15. The SMILES string of the molecule is CN1CCN(c2ccc(Cc3nc4c(-c5ccc(CS(C)(=O)=O)cc5)cccn4n3)cc2)CC1. The second-order valence-electron chi connectivity index (χ2n) is 9.12. The average Bonchev–Trinajstić information content (AvgIpc) is 3.22. The van der Waals surface area contributed by atoms with Gasteiger partial charge in [0.2, 0.25) is 0 Å². The Morgan fingerprint density at radius 1 is 0.882 bits per heavy atom. The molecule has 0 N–H and O–H groups in total. The van der Waals surface area contributed by atoms with E-state index in [2.05, 4.69) is 41.1 Å². The summed E-state index contributed by atoms with van der Waals surface area (Å²) in [6.07, 6.45) is 3.82. The number of sulfone groups is 1. The number of fused-ring (bicyclic) bond motifs is 1. The van der Waals surface area contributed by atoms with Crippen LogP contribution in [0.1, 0.15) is 17.0 Å². The maximum atomic E-state index is 11.6. The molecule has 1 aliphatic heterocycles. The maximum Gasteiger partial charge on any atom is 0.163 e. The lowest BCUT2D eigenvalue weighted by Crippen LogP contribution is -2.44. The van der Waals surface area contributed by atoms with Crippen molar-refractivity contribution in [1.82, 2.24) is 19.5 Å². The number of anilines is 1. The fourth-order valence-electron chi connectivity index (χ4n) is 4.41. The molecule has 0 atom stereocenters. The molecule has 34 heavy (non-hydrogen) atoms. The first-order valence-electron chi connectivity index (χ1n) is 11.5. The predicted molar refractivity (Wildman–Crippen MR) is 136 cm³/mol. The van der Waals surface area contributed by atoms with Gasteiger partial charge < -0.3 is 9.80 Å². The standard InChI is InChI=1S/C26H29N5O2S/c1-29-14-16-30(17-15-29)23-11-7-20(8-12-23)18-25-27-26-24(4-3-13-31(26)28-25)22-9-5-21(6-10-22)19-34(2,32)33/h3-13H,14-19H2,1-2H3. The molecule has 176 valence electrons. The van der Waals surface area contributed by atoms with Crippen LogP contribution in [0, 0.1) is 0 Å². The molecule has 0 amide bonds. The molecule has 0 bridgehead atoms. The topological polar surface area (TPSA) is 70.8 Å². The van der Waals surface area contributed by atoms with Crippen molar-refractivity contribution in [1.29, 1.82) is 0 Å². The van der Waals surface area contributed by atoms with E-state index in [-0.39, 0.29) is 5.75 Å². The molecule has 3 heterocycles. The summed E-state index contributed by atoms with van der Waals surface area (Å²) < 4.78 is 25.0. The molecule has 0 radical (unpaired) electrons. The zero-order valence-corrected chi connectivity index (χ0v) is 20.4. The van der Waals surface area contributed by atoms with Crippen molar-refractivity contribution >= 4 is 21.2 Å². The fourth-order valence-corrected chi connectivity index (χ4v) is 5.20. The number of nitrogens with zero attached hydrogens (tertiary/aromatic N) is 5. The van der Waals surface area contributed by atoms with Crippen molar-refractivity contribution in [2.45, 2.75) is 12.2 Å². The van der Waals surface area contributed by atoms with Crippen LogP contribution in [0.25, 0.3) is 16.8 Å². The van der Waals surface area contributed by atoms with Crippen LogP contribution in [-0.2, 0) is 22.0 Å². The third-order valence-electron chi connectivity index (χ3n) is 6.27. The molecule has 2 aromatic heterocycles. The minimum atomic E-state index is -3.06. The van der Waals surface area contributed by atoms with E-state index >= 15 is 0 Å². The van der Waals surface area contributed by atoms with Gasteiger partial charge in [-0.3, -0.25) is 0 Å². The quantitative estimate of drug-likeness (QED) is 0.426. The fraction of sp³-hybridized carbons (Fsp3) is 0.308. The monoisotopic (exact) mass is 475 g/mol. The van der Waals surface area contributed by atoms with Crippen molar-refractivity contribution in [2.75, 3.05) is 44.4 Å². The lowest BCUT2D eigenvalue weighted by Gasteiger charge is -2.34. The van der Waals surface area contributed by atoms with Crippen molar-refractivity contribution in [3.8, 4) is 11.1 Å². The van der Waals surface area contributed by atoms with Crippen LogP contribution in [0.3, 0.4) is 0 Å². The summed E-state index contributed by atoms with van der Waals surface area (Å²) >= 11 is 0. The molecule has 0 saturated carbocycles. The van der Waals surface area contributed by atoms with E-state index in [4.69, 9.17) is 10.1 Å². The molecule has 8 heteroatoms. The molecule has 2 aromatic carbocycles.